The number of rotatable bonds is 2. The van der Waals surface area contributed by atoms with E-state index in [0.717, 1.165) is 5.69 Å². The maximum Gasteiger partial charge on any atom is 0.189 e. The minimum Gasteiger partial charge on any atom is -0.385 e. The molecule has 1 aromatic carbocycles. The largest absolute Gasteiger partial charge is 0.385 e. The van der Waals surface area contributed by atoms with Gasteiger partial charge in [0.15, 0.2) is 11.5 Å². The molecular weight excluding hydrogens is 232 g/mol. The molecule has 2 atom stereocenters. The fraction of sp³-hybridized carbons (Fsp3) is 0.231. The molecule has 0 aliphatic rings. The molecule has 2 aromatic rings. The van der Waals surface area contributed by atoms with Crippen LogP contribution in [0, 0.1) is 18.3 Å². The lowest BCUT2D eigenvalue weighted by atomic mass is 10.0. The van der Waals surface area contributed by atoms with Gasteiger partial charge in [0.05, 0.1) is 6.07 Å². The zero-order chi connectivity index (χ0) is 13.3. The third-order valence-electron chi connectivity index (χ3n) is 2.76. The molecule has 2 unspecified atom stereocenters. The van der Waals surface area contributed by atoms with E-state index in [0.29, 0.717) is 16.5 Å². The molecule has 92 valence electrons. The Kier molecular flexibility index (Phi) is 3.15. The van der Waals surface area contributed by atoms with Crippen molar-refractivity contribution in [2.24, 2.45) is 0 Å². The van der Waals surface area contributed by atoms with Crippen molar-refractivity contribution in [2.45, 2.75) is 19.1 Å². The molecule has 0 amide bonds. The van der Waals surface area contributed by atoms with Crippen molar-refractivity contribution < 1.29 is 10.2 Å². The fourth-order valence-electron chi connectivity index (χ4n) is 1.83. The summed E-state index contributed by atoms with van der Waals surface area (Å²) in [6.45, 7) is 1.78. The third-order valence-corrected chi connectivity index (χ3v) is 2.76. The summed E-state index contributed by atoms with van der Waals surface area (Å²) in [5.74, 6) is 0. The van der Waals surface area contributed by atoms with Gasteiger partial charge in [-0.2, -0.15) is 5.26 Å². The lowest BCUT2D eigenvalue weighted by Crippen LogP contribution is -2.16. The monoisotopic (exact) mass is 244 g/mol. The summed E-state index contributed by atoms with van der Waals surface area (Å²) in [5.41, 5.74) is 1.58. The molecule has 0 radical (unpaired) electrons. The zero-order valence-corrected chi connectivity index (χ0v) is 9.71. The summed E-state index contributed by atoms with van der Waals surface area (Å²) in [6.07, 6.45) is -2.83. The van der Waals surface area contributed by atoms with Gasteiger partial charge in [-0.25, -0.2) is 0 Å². The molecule has 0 aliphatic carbocycles. The summed E-state index contributed by atoms with van der Waals surface area (Å²) < 4.78 is 0. The van der Waals surface area contributed by atoms with E-state index >= 15 is 0 Å². The summed E-state index contributed by atoms with van der Waals surface area (Å²) in [5, 5.41) is 27.9. The number of aliphatic hydroxyl groups is 2. The van der Waals surface area contributed by atoms with Crippen molar-refractivity contribution in [3.8, 4) is 6.07 Å². The SMILES string of the molecule is Cc1cc(=O)c2cc(C(O)C(O)C#N)ccc2[nH]1. The number of aromatic amines is 1. The predicted octanol–water partition coefficient (Wildman–Crippen LogP) is 0.754. The first-order chi connectivity index (χ1) is 8.52. The van der Waals surface area contributed by atoms with Crippen LogP contribution in [0.25, 0.3) is 10.9 Å². The van der Waals surface area contributed by atoms with Gasteiger partial charge in [-0.3, -0.25) is 4.79 Å². The number of nitrogens with zero attached hydrogens (tertiary/aromatic N) is 1. The zero-order valence-electron chi connectivity index (χ0n) is 9.71. The van der Waals surface area contributed by atoms with Gasteiger partial charge < -0.3 is 15.2 Å². The second-order valence-electron chi connectivity index (χ2n) is 4.14. The number of aryl methyl sites for hydroxylation is 1. The Morgan fingerprint density at radius 3 is 2.72 bits per heavy atom. The average molecular weight is 244 g/mol. The number of H-pyrrole nitrogens is 1. The molecule has 5 nitrogen and oxygen atoms in total. The molecule has 5 heteroatoms. The number of benzene rings is 1. The van der Waals surface area contributed by atoms with E-state index in [1.165, 1.54) is 12.1 Å². The van der Waals surface area contributed by atoms with Gasteiger partial charge in [-0.15, -0.1) is 0 Å². The first-order valence-corrected chi connectivity index (χ1v) is 5.42. The number of fused-ring (bicyclic) bond motifs is 1. The van der Waals surface area contributed by atoms with Gasteiger partial charge in [0.1, 0.15) is 6.10 Å². The molecule has 0 bridgehead atoms. The summed E-state index contributed by atoms with van der Waals surface area (Å²) >= 11 is 0. The first-order valence-electron chi connectivity index (χ1n) is 5.42. The Hall–Kier alpha value is -2.16. The van der Waals surface area contributed by atoms with Gasteiger partial charge in [0, 0.05) is 22.7 Å². The van der Waals surface area contributed by atoms with E-state index < -0.39 is 12.2 Å². The van der Waals surface area contributed by atoms with Crippen molar-refractivity contribution in [1.82, 2.24) is 4.98 Å². The van der Waals surface area contributed by atoms with Crippen LogP contribution in [0.15, 0.2) is 29.1 Å². The van der Waals surface area contributed by atoms with Gasteiger partial charge in [-0.1, -0.05) is 6.07 Å². The number of hydrogen-bond acceptors (Lipinski definition) is 4. The van der Waals surface area contributed by atoms with Crippen molar-refractivity contribution in [3.63, 3.8) is 0 Å². The highest BCUT2D eigenvalue weighted by Crippen LogP contribution is 2.20. The molecule has 0 fully saturated rings. The van der Waals surface area contributed by atoms with Crippen LogP contribution in [0.2, 0.25) is 0 Å². The molecule has 0 aliphatic heterocycles. The summed E-state index contributed by atoms with van der Waals surface area (Å²) in [6, 6.07) is 7.71. The van der Waals surface area contributed by atoms with Gasteiger partial charge >= 0.3 is 0 Å². The van der Waals surface area contributed by atoms with Gasteiger partial charge in [0.25, 0.3) is 0 Å². The quantitative estimate of drug-likeness (QED) is 0.679. The maximum atomic E-state index is 11.8. The highest BCUT2D eigenvalue weighted by molar-refractivity contribution is 5.79. The minimum absolute atomic E-state index is 0.165. The number of nitriles is 1. The second-order valence-corrected chi connectivity index (χ2v) is 4.14. The highest BCUT2D eigenvalue weighted by atomic mass is 16.3. The number of hydrogen-bond donors (Lipinski definition) is 3. The standard InChI is InChI=1S/C13H12N2O3/c1-7-4-11(16)9-5-8(2-3-10(9)15-7)13(18)12(17)6-14/h2-5,12-13,17-18H,1H3,(H,15,16). The van der Waals surface area contributed by atoms with Crippen molar-refractivity contribution >= 4 is 10.9 Å². The average Bonchev–Trinajstić information content (AvgIpc) is 2.36. The van der Waals surface area contributed by atoms with E-state index in [2.05, 4.69) is 4.98 Å². The van der Waals surface area contributed by atoms with Crippen LogP contribution in [0.3, 0.4) is 0 Å². The van der Waals surface area contributed by atoms with Crippen LogP contribution in [0.4, 0.5) is 0 Å². The molecule has 2 rings (SSSR count). The van der Waals surface area contributed by atoms with Crippen molar-refractivity contribution in [2.75, 3.05) is 0 Å². The van der Waals surface area contributed by atoms with Gasteiger partial charge in [0.2, 0.25) is 0 Å². The summed E-state index contributed by atoms with van der Waals surface area (Å²) in [7, 11) is 0. The van der Waals surface area contributed by atoms with Crippen molar-refractivity contribution in [1.29, 1.82) is 5.26 Å². The van der Waals surface area contributed by atoms with Crippen LogP contribution < -0.4 is 5.43 Å². The number of aliphatic hydroxyl groups excluding tert-OH is 2. The van der Waals surface area contributed by atoms with E-state index in [1.807, 2.05) is 0 Å². The Morgan fingerprint density at radius 2 is 2.06 bits per heavy atom. The molecule has 0 saturated heterocycles. The van der Waals surface area contributed by atoms with Crippen LogP contribution in [-0.2, 0) is 0 Å². The second kappa shape index (κ2) is 4.61. The molecule has 1 heterocycles. The number of pyridine rings is 1. The van der Waals surface area contributed by atoms with E-state index in [4.69, 9.17) is 5.26 Å². The Bertz CT molecular complexity index is 685. The molecule has 0 spiro atoms. The first kappa shape index (κ1) is 12.3. The fourth-order valence-corrected chi connectivity index (χ4v) is 1.83. The topological polar surface area (TPSA) is 97.1 Å². The van der Waals surface area contributed by atoms with Crippen LogP contribution in [-0.4, -0.2) is 21.3 Å². The van der Waals surface area contributed by atoms with Crippen LogP contribution in [0.5, 0.6) is 0 Å². The minimum atomic E-state index is -1.51. The third kappa shape index (κ3) is 2.12. The Labute approximate surface area is 103 Å². The molecule has 18 heavy (non-hydrogen) atoms. The predicted molar refractivity (Wildman–Crippen MR) is 65.9 cm³/mol. The lowest BCUT2D eigenvalue weighted by molar-refractivity contribution is 0.0529. The molecule has 0 saturated carbocycles. The van der Waals surface area contributed by atoms with E-state index in [-0.39, 0.29) is 5.43 Å². The number of nitrogens with one attached hydrogen (secondary N) is 1. The molecular formula is C13H12N2O3. The van der Waals surface area contributed by atoms with E-state index in [9.17, 15) is 15.0 Å². The maximum absolute atomic E-state index is 11.8. The normalized spacial score (nSPS) is 14.1. The van der Waals surface area contributed by atoms with Crippen molar-refractivity contribution in [3.05, 3.63) is 45.7 Å². The Morgan fingerprint density at radius 1 is 1.33 bits per heavy atom. The molecule has 3 N–H and O–H groups in total. The smallest absolute Gasteiger partial charge is 0.189 e. The van der Waals surface area contributed by atoms with E-state index in [1.54, 1.807) is 25.1 Å². The number of aromatic nitrogens is 1. The highest BCUT2D eigenvalue weighted by Gasteiger charge is 2.18. The van der Waals surface area contributed by atoms with Gasteiger partial charge in [-0.05, 0) is 24.6 Å². The van der Waals surface area contributed by atoms with Crippen LogP contribution >= 0.6 is 0 Å². The summed E-state index contributed by atoms with van der Waals surface area (Å²) in [4.78, 5) is 14.8. The Balaban J connectivity index is 2.58. The lowest BCUT2D eigenvalue weighted by Gasteiger charge is -2.12. The van der Waals surface area contributed by atoms with Crippen LogP contribution in [0.1, 0.15) is 17.4 Å². The molecule has 1 aromatic heterocycles.